The summed E-state index contributed by atoms with van der Waals surface area (Å²) in [6.07, 6.45) is 6.04. The number of halogens is 1. The molecule has 1 aliphatic rings. The van der Waals surface area contributed by atoms with E-state index >= 15 is 4.39 Å². The van der Waals surface area contributed by atoms with E-state index in [2.05, 4.69) is 19.9 Å². The summed E-state index contributed by atoms with van der Waals surface area (Å²) in [4.78, 5) is 16.1. The molecule has 0 spiro atoms. The van der Waals surface area contributed by atoms with Gasteiger partial charge in [0.1, 0.15) is 0 Å². The number of ether oxygens (including phenoxy) is 2. The summed E-state index contributed by atoms with van der Waals surface area (Å²) in [5.41, 5.74) is 13.5. The molecule has 0 unspecified atom stereocenters. The number of aromatic nitrogens is 4. The second-order valence-corrected chi connectivity index (χ2v) is 6.89. The minimum absolute atomic E-state index is 0.0308. The lowest BCUT2D eigenvalue weighted by molar-refractivity contribution is 0.181. The van der Waals surface area contributed by atoms with Crippen LogP contribution in [0.2, 0.25) is 0 Å². The molecule has 1 saturated carbocycles. The number of nitrogens with zero attached hydrogens (tertiary/aromatic N) is 4. The van der Waals surface area contributed by atoms with Crippen LogP contribution in [0.1, 0.15) is 36.4 Å². The summed E-state index contributed by atoms with van der Waals surface area (Å²) in [5, 5.41) is 0. The van der Waals surface area contributed by atoms with Gasteiger partial charge in [0, 0.05) is 42.3 Å². The molecule has 0 aliphatic heterocycles. The summed E-state index contributed by atoms with van der Waals surface area (Å²) in [5.74, 6) is 0.185. The predicted molar refractivity (Wildman–Crippen MR) is 106 cm³/mol. The van der Waals surface area contributed by atoms with Crippen molar-refractivity contribution in [3.05, 3.63) is 47.7 Å². The highest BCUT2D eigenvalue weighted by Crippen LogP contribution is 2.45. The number of rotatable bonds is 6. The van der Waals surface area contributed by atoms with E-state index in [9.17, 15) is 0 Å². The van der Waals surface area contributed by atoms with Crippen molar-refractivity contribution in [2.45, 2.75) is 31.8 Å². The van der Waals surface area contributed by atoms with Gasteiger partial charge in [0.15, 0.2) is 11.6 Å². The minimum atomic E-state index is -0.506. The molecule has 150 valence electrons. The Kier molecular flexibility index (Phi) is 5.22. The first-order chi connectivity index (χ1) is 14.0. The maximum absolute atomic E-state index is 15.6. The van der Waals surface area contributed by atoms with E-state index in [1.54, 1.807) is 19.2 Å². The SMILES string of the molecule is COCc1cc(Oc2c(C3CCC3)ccc(-c3cnc(N)nc3)c2F)nc(N)n1. The van der Waals surface area contributed by atoms with E-state index in [1.807, 2.05) is 6.07 Å². The molecule has 0 amide bonds. The average Bonchev–Trinajstić information content (AvgIpc) is 2.64. The van der Waals surface area contributed by atoms with E-state index in [1.165, 1.54) is 12.4 Å². The normalized spacial score (nSPS) is 13.9. The zero-order chi connectivity index (χ0) is 20.4. The van der Waals surface area contributed by atoms with Gasteiger partial charge in [-0.05, 0) is 18.8 Å². The first kappa shape index (κ1) is 19.0. The summed E-state index contributed by atoms with van der Waals surface area (Å²) in [7, 11) is 1.55. The molecule has 0 radical (unpaired) electrons. The molecule has 0 bridgehead atoms. The minimum Gasteiger partial charge on any atom is -0.435 e. The maximum Gasteiger partial charge on any atom is 0.224 e. The van der Waals surface area contributed by atoms with Crippen molar-refractivity contribution in [3.8, 4) is 22.8 Å². The molecule has 1 fully saturated rings. The highest BCUT2D eigenvalue weighted by Gasteiger charge is 2.27. The topological polar surface area (TPSA) is 122 Å². The van der Waals surface area contributed by atoms with Crippen molar-refractivity contribution in [1.82, 2.24) is 19.9 Å². The number of benzene rings is 1. The third kappa shape index (κ3) is 3.95. The average molecular weight is 396 g/mol. The van der Waals surface area contributed by atoms with E-state index in [-0.39, 0.29) is 36.1 Å². The van der Waals surface area contributed by atoms with Crippen LogP contribution < -0.4 is 16.2 Å². The van der Waals surface area contributed by atoms with Crippen molar-refractivity contribution in [2.75, 3.05) is 18.6 Å². The number of nitrogens with two attached hydrogens (primary N) is 2. The monoisotopic (exact) mass is 396 g/mol. The van der Waals surface area contributed by atoms with Crippen LogP contribution in [0.4, 0.5) is 16.3 Å². The molecule has 8 nitrogen and oxygen atoms in total. The van der Waals surface area contributed by atoms with Crippen LogP contribution in [0.3, 0.4) is 0 Å². The lowest BCUT2D eigenvalue weighted by Gasteiger charge is -2.28. The van der Waals surface area contributed by atoms with E-state index in [0.717, 1.165) is 24.8 Å². The Morgan fingerprint density at radius 1 is 1.10 bits per heavy atom. The number of hydrogen-bond donors (Lipinski definition) is 2. The Morgan fingerprint density at radius 3 is 2.52 bits per heavy atom. The molecular weight excluding hydrogens is 375 g/mol. The van der Waals surface area contributed by atoms with Crippen LogP contribution in [-0.4, -0.2) is 27.0 Å². The fraction of sp³-hybridized carbons (Fsp3) is 0.300. The molecule has 4 N–H and O–H groups in total. The lowest BCUT2D eigenvalue weighted by Crippen LogP contribution is -2.12. The molecular formula is C20H21FN6O2. The number of methoxy groups -OCH3 is 1. The van der Waals surface area contributed by atoms with Crippen LogP contribution in [0.15, 0.2) is 30.6 Å². The summed E-state index contributed by atoms with van der Waals surface area (Å²) in [6.45, 7) is 0.240. The Labute approximate surface area is 167 Å². The highest BCUT2D eigenvalue weighted by molar-refractivity contribution is 5.66. The van der Waals surface area contributed by atoms with Crippen LogP contribution >= 0.6 is 0 Å². The van der Waals surface area contributed by atoms with Gasteiger partial charge in [0.25, 0.3) is 0 Å². The third-order valence-corrected chi connectivity index (χ3v) is 4.93. The Hall–Kier alpha value is -3.33. The summed E-state index contributed by atoms with van der Waals surface area (Å²) >= 11 is 0. The molecule has 1 aliphatic carbocycles. The van der Waals surface area contributed by atoms with Gasteiger partial charge in [-0.3, -0.25) is 0 Å². The lowest BCUT2D eigenvalue weighted by atomic mass is 9.79. The molecule has 9 heteroatoms. The molecule has 3 aromatic rings. The molecule has 4 rings (SSSR count). The van der Waals surface area contributed by atoms with Crippen LogP contribution in [0, 0.1) is 5.82 Å². The Morgan fingerprint density at radius 2 is 1.86 bits per heavy atom. The molecule has 2 aromatic heterocycles. The largest absolute Gasteiger partial charge is 0.435 e. The fourth-order valence-electron chi connectivity index (χ4n) is 3.29. The highest BCUT2D eigenvalue weighted by atomic mass is 19.1. The molecule has 2 heterocycles. The van der Waals surface area contributed by atoms with Crippen molar-refractivity contribution in [2.24, 2.45) is 0 Å². The van der Waals surface area contributed by atoms with Gasteiger partial charge >= 0.3 is 0 Å². The summed E-state index contributed by atoms with van der Waals surface area (Å²) in [6, 6.07) is 5.19. The van der Waals surface area contributed by atoms with Crippen LogP contribution in [0.25, 0.3) is 11.1 Å². The smallest absolute Gasteiger partial charge is 0.224 e. The quantitative estimate of drug-likeness (QED) is 0.650. The van der Waals surface area contributed by atoms with Crippen molar-refractivity contribution in [3.63, 3.8) is 0 Å². The molecule has 0 atom stereocenters. The van der Waals surface area contributed by atoms with Crippen LogP contribution in [0.5, 0.6) is 11.6 Å². The second-order valence-electron chi connectivity index (χ2n) is 6.89. The molecule has 0 saturated heterocycles. The third-order valence-electron chi connectivity index (χ3n) is 4.93. The van der Waals surface area contributed by atoms with Crippen LogP contribution in [-0.2, 0) is 11.3 Å². The first-order valence-electron chi connectivity index (χ1n) is 9.25. The number of hydrogen-bond acceptors (Lipinski definition) is 8. The van der Waals surface area contributed by atoms with Gasteiger partial charge in [-0.1, -0.05) is 18.6 Å². The zero-order valence-corrected chi connectivity index (χ0v) is 15.9. The summed E-state index contributed by atoms with van der Waals surface area (Å²) < 4.78 is 26.6. The molecule has 1 aromatic carbocycles. The molecule has 29 heavy (non-hydrogen) atoms. The fourth-order valence-corrected chi connectivity index (χ4v) is 3.29. The Bertz CT molecular complexity index is 1020. The van der Waals surface area contributed by atoms with Gasteiger partial charge in [-0.25, -0.2) is 19.3 Å². The number of anilines is 2. The number of nitrogen functional groups attached to an aromatic ring is 2. The first-order valence-corrected chi connectivity index (χ1v) is 9.25. The van der Waals surface area contributed by atoms with Gasteiger partial charge in [-0.15, -0.1) is 0 Å². The predicted octanol–water partition coefficient (Wildman–Crippen LogP) is 3.44. The second kappa shape index (κ2) is 7.96. The van der Waals surface area contributed by atoms with Gasteiger partial charge in [0.2, 0.25) is 17.8 Å². The van der Waals surface area contributed by atoms with E-state index in [4.69, 9.17) is 20.9 Å². The van der Waals surface area contributed by atoms with E-state index in [0.29, 0.717) is 16.8 Å². The van der Waals surface area contributed by atoms with Crippen molar-refractivity contribution < 1.29 is 13.9 Å². The van der Waals surface area contributed by atoms with Gasteiger partial charge < -0.3 is 20.9 Å². The Balaban J connectivity index is 1.77. The van der Waals surface area contributed by atoms with Crippen molar-refractivity contribution >= 4 is 11.9 Å². The maximum atomic E-state index is 15.6. The standard InChI is InChI=1S/C20H21FN6O2/c1-28-10-13-7-16(27-20(23)26-13)29-18-15(11-3-2-4-11)6-5-14(17(18)21)12-8-24-19(22)25-9-12/h5-9,11H,2-4,10H2,1H3,(H2,22,24,25)(H2,23,26,27). The van der Waals surface area contributed by atoms with Gasteiger partial charge in [-0.2, -0.15) is 4.98 Å². The van der Waals surface area contributed by atoms with Gasteiger partial charge in [0.05, 0.1) is 12.3 Å². The van der Waals surface area contributed by atoms with Crippen molar-refractivity contribution in [1.29, 1.82) is 0 Å². The zero-order valence-electron chi connectivity index (χ0n) is 15.9. The van der Waals surface area contributed by atoms with E-state index < -0.39 is 5.82 Å².